The van der Waals surface area contributed by atoms with Crippen LogP contribution in [0.5, 0.6) is 0 Å². The molecule has 0 aliphatic rings. The van der Waals surface area contributed by atoms with E-state index in [2.05, 4.69) is 140 Å². The molecule has 0 aliphatic heterocycles. The maximum atomic E-state index is 11.6. The van der Waals surface area contributed by atoms with Crippen LogP contribution in [-0.2, 0) is 26.2 Å². The number of rotatable bonds is 7. The van der Waals surface area contributed by atoms with Crippen LogP contribution in [0.3, 0.4) is 0 Å². The van der Waals surface area contributed by atoms with E-state index in [0.717, 1.165) is 0 Å². The van der Waals surface area contributed by atoms with Crippen LogP contribution in [0.4, 0.5) is 9.59 Å². The number of allylic oxidation sites excluding steroid dienone is 2. The van der Waals surface area contributed by atoms with Crippen molar-refractivity contribution in [1.82, 2.24) is 6.61 Å². The number of carbonyl (C=O) groups excluding carboxylic acids is 2. The minimum absolute atomic E-state index is 0. The van der Waals surface area contributed by atoms with Gasteiger partial charge in [-0.05, 0) is 11.1 Å². The first-order valence-electron chi connectivity index (χ1n) is 16.5. The fourth-order valence-corrected chi connectivity index (χ4v) is 14.4. The Kier molecular flexibility index (Phi) is 19.3. The maximum Gasteiger partial charge on any atom is 2.00 e. The first-order chi connectivity index (χ1) is 23.4. The van der Waals surface area contributed by atoms with Crippen LogP contribution in [0.15, 0.2) is 158 Å². The molecule has 0 saturated heterocycles. The van der Waals surface area contributed by atoms with Gasteiger partial charge in [0.1, 0.15) is 0 Å². The minimum atomic E-state index is -1.72. The summed E-state index contributed by atoms with van der Waals surface area (Å²) in [4.78, 5) is 23.1. The third-order valence-electron chi connectivity index (χ3n) is 7.15. The van der Waals surface area contributed by atoms with Crippen molar-refractivity contribution in [1.29, 1.82) is 0 Å². The van der Waals surface area contributed by atoms with E-state index in [1.807, 2.05) is 75.7 Å². The van der Waals surface area contributed by atoms with Crippen molar-refractivity contribution in [2.45, 2.75) is 39.3 Å². The normalized spacial score (nSPS) is 10.8. The Morgan fingerprint density at radius 1 is 0.520 bits per heavy atom. The van der Waals surface area contributed by atoms with Crippen molar-refractivity contribution in [2.24, 2.45) is 0 Å². The fourth-order valence-electron chi connectivity index (χ4n) is 4.20. The molecular weight excluding hydrogens is 827 g/mol. The summed E-state index contributed by atoms with van der Waals surface area (Å²) in [6.07, 6.45) is 8.31. The zero-order valence-corrected chi connectivity index (χ0v) is 37.8. The Morgan fingerprint density at radius 3 is 1.20 bits per heavy atom. The van der Waals surface area contributed by atoms with Gasteiger partial charge in [0.15, 0.2) is 0 Å². The van der Waals surface area contributed by atoms with Crippen molar-refractivity contribution in [3.63, 3.8) is 0 Å². The fraction of sp³-hybridized carbons (Fsp3) is 0.143. The van der Waals surface area contributed by atoms with Crippen molar-refractivity contribution in [2.75, 3.05) is 0 Å². The zero-order chi connectivity index (χ0) is 35.5. The Labute approximate surface area is 332 Å². The monoisotopic (exact) mass is 873 g/mol. The SMILES string of the molecule is C(C=Cc1ccccc1)=Cc1ccccc1.C[Si](C)(C)C(=O)[NH][In][NH]C(=O)[Si](C)(C)C.[Zr+2].c1ccc2[cH-]ccc2c1.c1ccc2[cH-]ccc2c1. The predicted octanol–water partition coefficient (Wildman–Crippen LogP) is 11.3. The molecule has 50 heavy (non-hydrogen) atoms. The van der Waals surface area contributed by atoms with Crippen LogP contribution in [0.25, 0.3) is 33.7 Å². The van der Waals surface area contributed by atoms with Gasteiger partial charge in [-0.3, -0.25) is 0 Å². The topological polar surface area (TPSA) is 58.2 Å². The van der Waals surface area contributed by atoms with E-state index in [4.69, 9.17) is 0 Å². The molecule has 1 radical (unpaired) electrons. The first-order valence-corrected chi connectivity index (χ1v) is 26.8. The molecule has 2 amide bonds. The van der Waals surface area contributed by atoms with Crippen LogP contribution < -0.4 is 6.61 Å². The van der Waals surface area contributed by atoms with Gasteiger partial charge in [-0.1, -0.05) is 97.1 Å². The van der Waals surface area contributed by atoms with Gasteiger partial charge in [-0.25, -0.2) is 0 Å². The van der Waals surface area contributed by atoms with Crippen molar-refractivity contribution in [3.05, 3.63) is 169 Å². The molecular formula is C42H48InN2O2Si2Zr. The van der Waals surface area contributed by atoms with Gasteiger partial charge in [0.25, 0.3) is 0 Å². The molecule has 0 unspecified atom stereocenters. The van der Waals surface area contributed by atoms with E-state index in [-0.39, 0.29) is 37.3 Å². The van der Waals surface area contributed by atoms with Crippen LogP contribution in [0, 0.1) is 0 Å². The number of benzene rings is 4. The standard InChI is InChI=1S/C16H14.2C9H7.2C4H11NOSi.In.Zr/c1-3-9-15(10-4-1)13-7-8-14-16-11-5-2-6-12-16;2*1-2-5-9-7-3-6-8(9)4-1;2*1-7(2,3)4(5)6;;/h1-14H;2*1-7H;2*1-3H3,(H2,5,6);;/q;2*-1;;;2*+2/p-2. The van der Waals surface area contributed by atoms with Gasteiger partial charge < -0.3 is 0 Å². The molecule has 0 bridgehead atoms. The predicted molar refractivity (Wildman–Crippen MR) is 220 cm³/mol. The summed E-state index contributed by atoms with van der Waals surface area (Å²) in [5, 5.41) is 5.32. The summed E-state index contributed by atoms with van der Waals surface area (Å²) in [6, 6.07) is 49.9. The number of fused-ring (bicyclic) bond motifs is 2. The summed E-state index contributed by atoms with van der Waals surface area (Å²) in [7, 11) is -3.44. The number of nitrogens with one attached hydrogen (secondary N) is 2. The molecule has 8 heteroatoms. The molecule has 253 valence electrons. The third kappa shape index (κ3) is 16.6. The van der Waals surface area contributed by atoms with Gasteiger partial charge in [0.05, 0.1) is 0 Å². The Hall–Kier alpha value is -3.29. The molecule has 0 heterocycles. The Bertz CT molecular complexity index is 1700. The first kappa shape index (κ1) is 42.9. The van der Waals surface area contributed by atoms with E-state index >= 15 is 0 Å². The van der Waals surface area contributed by atoms with E-state index in [1.165, 1.54) is 32.7 Å². The molecule has 0 fully saturated rings. The smallest absolute Gasteiger partial charge is 0.168 e. The summed E-state index contributed by atoms with van der Waals surface area (Å²) in [5.74, 6) is 0. The molecule has 0 spiro atoms. The molecule has 6 aromatic rings. The van der Waals surface area contributed by atoms with Gasteiger partial charge in [-0.15, -0.1) is 59.3 Å². The second-order valence-corrected chi connectivity index (χ2v) is 25.8. The number of hydrogen-bond donors (Lipinski definition) is 2. The molecule has 0 atom stereocenters. The van der Waals surface area contributed by atoms with Crippen LogP contribution in [-0.4, -0.2) is 50.7 Å². The quantitative estimate of drug-likeness (QED) is 0.0954. The second-order valence-electron chi connectivity index (χ2n) is 13.4. The van der Waals surface area contributed by atoms with Gasteiger partial charge >= 0.3 is 132 Å². The van der Waals surface area contributed by atoms with Gasteiger partial charge in [-0.2, -0.15) is 35.0 Å². The summed E-state index contributed by atoms with van der Waals surface area (Å²) >= 11 is -1.43. The van der Waals surface area contributed by atoms with Crippen LogP contribution in [0.1, 0.15) is 11.1 Å². The van der Waals surface area contributed by atoms with Crippen LogP contribution in [0.2, 0.25) is 39.3 Å². The average molecular weight is 875 g/mol. The zero-order valence-electron chi connectivity index (χ0n) is 30.1. The molecule has 4 nitrogen and oxygen atoms in total. The molecule has 6 aromatic carbocycles. The number of amides is 2. The van der Waals surface area contributed by atoms with Crippen molar-refractivity contribution >= 4 is 84.4 Å². The number of hydrogen-bond acceptors (Lipinski definition) is 2. The Balaban J connectivity index is 0.000000236. The van der Waals surface area contributed by atoms with Gasteiger partial charge in [0.2, 0.25) is 0 Å². The van der Waals surface area contributed by atoms with E-state index in [9.17, 15) is 9.59 Å². The van der Waals surface area contributed by atoms with Crippen molar-refractivity contribution < 1.29 is 35.8 Å². The Morgan fingerprint density at radius 2 is 0.860 bits per heavy atom. The summed E-state index contributed by atoms with van der Waals surface area (Å²) < 4.78 is 5.86. The minimum Gasteiger partial charge on any atom is -0.168 e. The third-order valence-corrected chi connectivity index (χ3v) is 14.1. The molecule has 2 N–H and O–H groups in total. The molecule has 0 aliphatic carbocycles. The maximum absolute atomic E-state index is 11.6. The van der Waals surface area contributed by atoms with Gasteiger partial charge in [0, 0.05) is 0 Å². The van der Waals surface area contributed by atoms with Crippen LogP contribution >= 0.6 is 0 Å². The molecule has 0 aromatic heterocycles. The van der Waals surface area contributed by atoms with E-state index < -0.39 is 39.6 Å². The molecule has 0 saturated carbocycles. The summed E-state index contributed by atoms with van der Waals surface area (Å²) in [5.41, 5.74) is 2.78. The number of carbonyl (C=O) groups is 2. The largest absolute Gasteiger partial charge is 2.00 e. The van der Waals surface area contributed by atoms with E-state index in [0.29, 0.717) is 0 Å². The molecule has 6 rings (SSSR count). The second kappa shape index (κ2) is 22.5. The average Bonchev–Trinajstić information content (AvgIpc) is 3.78. The van der Waals surface area contributed by atoms with Crippen molar-refractivity contribution in [3.8, 4) is 0 Å². The van der Waals surface area contributed by atoms with E-state index in [1.54, 1.807) is 0 Å². The summed E-state index contributed by atoms with van der Waals surface area (Å²) in [6.45, 7) is 12.0.